The normalized spacial score (nSPS) is 29.1. The van der Waals surface area contributed by atoms with Gasteiger partial charge in [-0.3, -0.25) is 4.90 Å². The van der Waals surface area contributed by atoms with E-state index in [0.29, 0.717) is 12.0 Å². The second kappa shape index (κ2) is 5.74. The molecule has 0 saturated carbocycles. The summed E-state index contributed by atoms with van der Waals surface area (Å²) in [5, 5.41) is 4.28. The van der Waals surface area contributed by atoms with Crippen molar-refractivity contribution in [1.29, 1.82) is 0 Å². The Morgan fingerprint density at radius 2 is 2.36 bits per heavy atom. The molecule has 2 nitrogen and oxygen atoms in total. The van der Waals surface area contributed by atoms with E-state index in [1.54, 1.807) is 0 Å². The second-order valence-corrected chi connectivity index (χ2v) is 4.72. The predicted molar refractivity (Wildman–Crippen MR) is 62.7 cm³/mol. The van der Waals surface area contributed by atoms with Crippen molar-refractivity contribution in [2.24, 2.45) is 5.92 Å². The summed E-state index contributed by atoms with van der Waals surface area (Å²) in [6.07, 6.45) is 1.22. The van der Waals surface area contributed by atoms with Crippen LogP contribution < -0.4 is 5.32 Å². The summed E-state index contributed by atoms with van der Waals surface area (Å²) < 4.78 is 0. The number of nitrogens with one attached hydrogen (secondary N) is 1. The Bertz CT molecular complexity index is 194. The molecule has 82 valence electrons. The highest BCUT2D eigenvalue weighted by Crippen LogP contribution is 2.17. The average Bonchev–Trinajstić information content (AvgIpc) is 2.09. The molecule has 0 aromatic rings. The van der Waals surface area contributed by atoms with Gasteiger partial charge in [0.05, 0.1) is 0 Å². The standard InChI is InChI=1S/C11H21ClN2/c1-4-13-11-5-6-14(7-9(11)2)8-10(3)12/h9,11,13H,3-8H2,1-2H3. The number of nitrogens with zero attached hydrogens (tertiary/aromatic N) is 1. The monoisotopic (exact) mass is 216 g/mol. The van der Waals surface area contributed by atoms with Gasteiger partial charge in [0, 0.05) is 30.7 Å². The Morgan fingerprint density at radius 1 is 1.64 bits per heavy atom. The van der Waals surface area contributed by atoms with Gasteiger partial charge in [0.2, 0.25) is 0 Å². The topological polar surface area (TPSA) is 15.3 Å². The van der Waals surface area contributed by atoms with E-state index in [-0.39, 0.29) is 0 Å². The lowest BCUT2D eigenvalue weighted by Crippen LogP contribution is -2.48. The number of hydrogen-bond acceptors (Lipinski definition) is 2. The summed E-state index contributed by atoms with van der Waals surface area (Å²) in [6, 6.07) is 0.680. The fraction of sp³-hybridized carbons (Fsp3) is 0.818. The van der Waals surface area contributed by atoms with Gasteiger partial charge in [-0.2, -0.15) is 0 Å². The molecule has 1 heterocycles. The molecule has 3 heteroatoms. The molecular weight excluding hydrogens is 196 g/mol. The molecule has 1 aliphatic heterocycles. The number of likely N-dealkylation sites (tertiary alicyclic amines) is 1. The van der Waals surface area contributed by atoms with Gasteiger partial charge in [0.1, 0.15) is 0 Å². The molecule has 0 spiro atoms. The van der Waals surface area contributed by atoms with Crippen LogP contribution in [-0.2, 0) is 0 Å². The fourth-order valence-electron chi connectivity index (χ4n) is 2.18. The maximum atomic E-state index is 5.80. The second-order valence-electron chi connectivity index (χ2n) is 4.18. The Morgan fingerprint density at radius 3 is 2.86 bits per heavy atom. The first-order chi connectivity index (χ1) is 6.63. The third-order valence-corrected chi connectivity index (χ3v) is 2.97. The zero-order valence-electron chi connectivity index (χ0n) is 9.22. The van der Waals surface area contributed by atoms with E-state index in [1.807, 2.05) is 0 Å². The SMILES string of the molecule is C=C(Cl)CN1CCC(NCC)C(C)C1. The van der Waals surface area contributed by atoms with E-state index < -0.39 is 0 Å². The molecule has 2 atom stereocenters. The fourth-order valence-corrected chi connectivity index (χ4v) is 2.35. The number of rotatable bonds is 4. The van der Waals surface area contributed by atoms with E-state index in [0.717, 1.165) is 31.2 Å². The first-order valence-corrected chi connectivity index (χ1v) is 5.80. The molecule has 1 saturated heterocycles. The number of halogens is 1. The van der Waals surface area contributed by atoms with E-state index >= 15 is 0 Å². The van der Waals surface area contributed by atoms with Crippen LogP contribution in [0.4, 0.5) is 0 Å². The Kier molecular flexibility index (Phi) is 4.93. The van der Waals surface area contributed by atoms with Crippen LogP contribution in [0.1, 0.15) is 20.3 Å². The van der Waals surface area contributed by atoms with Gasteiger partial charge in [-0.1, -0.05) is 32.0 Å². The molecule has 1 rings (SSSR count). The number of piperidine rings is 1. The largest absolute Gasteiger partial charge is 0.314 e. The molecule has 0 aliphatic carbocycles. The maximum Gasteiger partial charge on any atom is 0.0335 e. The summed E-state index contributed by atoms with van der Waals surface area (Å²) in [5.74, 6) is 0.708. The smallest absolute Gasteiger partial charge is 0.0335 e. The minimum atomic E-state index is 0.680. The van der Waals surface area contributed by atoms with E-state index in [4.69, 9.17) is 11.6 Å². The molecule has 0 aromatic carbocycles. The van der Waals surface area contributed by atoms with Gasteiger partial charge >= 0.3 is 0 Å². The molecular formula is C11H21ClN2. The van der Waals surface area contributed by atoms with Crippen molar-refractivity contribution < 1.29 is 0 Å². The van der Waals surface area contributed by atoms with Crippen LogP contribution >= 0.6 is 11.6 Å². The molecule has 1 N–H and O–H groups in total. The lowest BCUT2D eigenvalue weighted by atomic mass is 9.94. The lowest BCUT2D eigenvalue weighted by Gasteiger charge is -2.37. The lowest BCUT2D eigenvalue weighted by molar-refractivity contribution is 0.160. The summed E-state index contributed by atoms with van der Waals surface area (Å²) in [6.45, 7) is 12.4. The molecule has 0 radical (unpaired) electrons. The summed E-state index contributed by atoms with van der Waals surface area (Å²) >= 11 is 5.80. The van der Waals surface area contributed by atoms with Crippen molar-refractivity contribution in [3.8, 4) is 0 Å². The average molecular weight is 217 g/mol. The third-order valence-electron chi connectivity index (χ3n) is 2.85. The van der Waals surface area contributed by atoms with Crippen LogP contribution in [0.2, 0.25) is 0 Å². The molecule has 0 amide bonds. The molecule has 1 aliphatic rings. The first kappa shape index (κ1) is 12.0. The minimum absolute atomic E-state index is 0.680. The van der Waals surface area contributed by atoms with Crippen molar-refractivity contribution in [1.82, 2.24) is 10.2 Å². The van der Waals surface area contributed by atoms with E-state index in [1.165, 1.54) is 6.42 Å². The summed E-state index contributed by atoms with van der Waals surface area (Å²) in [7, 11) is 0. The van der Waals surface area contributed by atoms with Crippen molar-refractivity contribution in [2.75, 3.05) is 26.2 Å². The quantitative estimate of drug-likeness (QED) is 0.774. The van der Waals surface area contributed by atoms with Crippen molar-refractivity contribution in [3.05, 3.63) is 11.6 Å². The minimum Gasteiger partial charge on any atom is -0.314 e. The van der Waals surface area contributed by atoms with Crippen LogP contribution in [0, 0.1) is 5.92 Å². The molecule has 2 unspecified atom stereocenters. The van der Waals surface area contributed by atoms with Crippen molar-refractivity contribution >= 4 is 11.6 Å². The molecule has 0 aromatic heterocycles. The highest BCUT2D eigenvalue weighted by atomic mass is 35.5. The van der Waals surface area contributed by atoms with Gasteiger partial charge in [-0.25, -0.2) is 0 Å². The number of hydrogen-bond donors (Lipinski definition) is 1. The van der Waals surface area contributed by atoms with Crippen LogP contribution in [0.3, 0.4) is 0 Å². The van der Waals surface area contributed by atoms with E-state index in [2.05, 4.69) is 30.6 Å². The highest BCUT2D eigenvalue weighted by molar-refractivity contribution is 6.29. The van der Waals surface area contributed by atoms with E-state index in [9.17, 15) is 0 Å². The Balaban J connectivity index is 2.34. The third kappa shape index (κ3) is 3.60. The van der Waals surface area contributed by atoms with Crippen molar-refractivity contribution in [3.63, 3.8) is 0 Å². The van der Waals surface area contributed by atoms with Gasteiger partial charge in [-0.05, 0) is 18.9 Å². The molecule has 1 fully saturated rings. The van der Waals surface area contributed by atoms with Gasteiger partial charge in [-0.15, -0.1) is 0 Å². The van der Waals surface area contributed by atoms with Gasteiger partial charge < -0.3 is 5.32 Å². The first-order valence-electron chi connectivity index (χ1n) is 5.42. The van der Waals surface area contributed by atoms with Gasteiger partial charge in [0.15, 0.2) is 0 Å². The van der Waals surface area contributed by atoms with Crippen LogP contribution in [-0.4, -0.2) is 37.1 Å². The summed E-state index contributed by atoms with van der Waals surface area (Å²) in [5.41, 5.74) is 0. The van der Waals surface area contributed by atoms with Crippen LogP contribution in [0.25, 0.3) is 0 Å². The Labute approximate surface area is 92.3 Å². The zero-order valence-corrected chi connectivity index (χ0v) is 9.98. The van der Waals surface area contributed by atoms with Crippen LogP contribution in [0.5, 0.6) is 0 Å². The molecule has 0 bridgehead atoms. The summed E-state index contributed by atoms with van der Waals surface area (Å²) in [4.78, 5) is 2.38. The van der Waals surface area contributed by atoms with Gasteiger partial charge in [0.25, 0.3) is 0 Å². The Hall–Kier alpha value is -0.0500. The molecule has 14 heavy (non-hydrogen) atoms. The maximum absolute atomic E-state index is 5.80. The van der Waals surface area contributed by atoms with Crippen molar-refractivity contribution in [2.45, 2.75) is 26.3 Å². The van der Waals surface area contributed by atoms with Crippen LogP contribution in [0.15, 0.2) is 11.6 Å². The predicted octanol–water partition coefficient (Wildman–Crippen LogP) is 2.06. The highest BCUT2D eigenvalue weighted by Gasteiger charge is 2.24. The zero-order chi connectivity index (χ0) is 10.6.